The summed E-state index contributed by atoms with van der Waals surface area (Å²) in [4.78, 5) is 31.6. The number of nitrogens with one attached hydrogen (secondary N) is 2. The van der Waals surface area contributed by atoms with Crippen molar-refractivity contribution in [2.24, 2.45) is 0 Å². The van der Waals surface area contributed by atoms with E-state index >= 15 is 0 Å². The Kier molecular flexibility index (Phi) is 9.64. The third kappa shape index (κ3) is 7.74. The normalized spacial score (nSPS) is 18.0. The molecular weight excluding hydrogens is 509 g/mol. The summed E-state index contributed by atoms with van der Waals surface area (Å²) in [5.41, 5.74) is -1.10. The van der Waals surface area contributed by atoms with Gasteiger partial charge in [0.25, 0.3) is 18.2 Å². The number of carbonyl (C=O) groups is 2. The first-order valence-electron chi connectivity index (χ1n) is 12.2. The number of ether oxygens (including phenoxy) is 1. The first-order chi connectivity index (χ1) is 17.5. The molecule has 0 saturated carbocycles. The van der Waals surface area contributed by atoms with E-state index in [9.17, 15) is 22.8 Å². The summed E-state index contributed by atoms with van der Waals surface area (Å²) in [6, 6.07) is 7.27. The number of hydrogen-bond donors (Lipinski definition) is 2. The zero-order valence-corrected chi connectivity index (χ0v) is 21.8. The SMILES string of the molecule is CCCC1CC(NC(=O)C(C)(C)Oc2ccc(Cl)cc2F)CCN1c1ccc(C(=O)NCC(F)F)cn1. The van der Waals surface area contributed by atoms with Gasteiger partial charge in [-0.05, 0) is 63.4 Å². The smallest absolute Gasteiger partial charge is 0.263 e. The molecule has 0 aliphatic carbocycles. The van der Waals surface area contributed by atoms with Crippen LogP contribution in [0.4, 0.5) is 19.0 Å². The van der Waals surface area contributed by atoms with Gasteiger partial charge in [0.15, 0.2) is 17.2 Å². The summed E-state index contributed by atoms with van der Waals surface area (Å²) >= 11 is 5.79. The van der Waals surface area contributed by atoms with Crippen LogP contribution in [0.1, 0.15) is 56.8 Å². The van der Waals surface area contributed by atoms with Crippen LogP contribution >= 0.6 is 11.6 Å². The Hall–Kier alpha value is -3.01. The second kappa shape index (κ2) is 12.5. The molecule has 2 unspecified atom stereocenters. The topological polar surface area (TPSA) is 83.6 Å². The average molecular weight is 541 g/mol. The highest BCUT2D eigenvalue weighted by molar-refractivity contribution is 6.30. The van der Waals surface area contributed by atoms with Gasteiger partial charge < -0.3 is 20.3 Å². The van der Waals surface area contributed by atoms with Gasteiger partial charge >= 0.3 is 0 Å². The Bertz CT molecular complexity index is 1090. The molecule has 2 heterocycles. The zero-order valence-electron chi connectivity index (χ0n) is 21.1. The number of pyridine rings is 1. The van der Waals surface area contributed by atoms with E-state index in [0.717, 1.165) is 18.9 Å². The van der Waals surface area contributed by atoms with Crippen LogP contribution in [0.5, 0.6) is 5.75 Å². The molecule has 0 radical (unpaired) electrons. The largest absolute Gasteiger partial charge is 0.475 e. The lowest BCUT2D eigenvalue weighted by atomic mass is 9.93. The van der Waals surface area contributed by atoms with Crippen molar-refractivity contribution in [3.8, 4) is 5.75 Å². The monoisotopic (exact) mass is 540 g/mol. The molecule has 0 bridgehead atoms. The minimum absolute atomic E-state index is 0.0550. The van der Waals surface area contributed by atoms with Crippen molar-refractivity contribution in [1.82, 2.24) is 15.6 Å². The van der Waals surface area contributed by atoms with Crippen molar-refractivity contribution in [3.63, 3.8) is 0 Å². The molecule has 7 nitrogen and oxygen atoms in total. The van der Waals surface area contributed by atoms with Gasteiger partial charge in [-0.2, -0.15) is 0 Å². The lowest BCUT2D eigenvalue weighted by molar-refractivity contribution is -0.135. The number of aromatic nitrogens is 1. The van der Waals surface area contributed by atoms with Gasteiger partial charge in [-0.1, -0.05) is 24.9 Å². The third-order valence-electron chi connectivity index (χ3n) is 6.20. The van der Waals surface area contributed by atoms with Crippen LogP contribution in [0.3, 0.4) is 0 Å². The Morgan fingerprint density at radius 2 is 2.03 bits per heavy atom. The van der Waals surface area contributed by atoms with E-state index in [-0.39, 0.29) is 34.3 Å². The summed E-state index contributed by atoms with van der Waals surface area (Å²) in [6.45, 7) is 5.14. The fourth-order valence-corrected chi connectivity index (χ4v) is 4.45. The molecule has 11 heteroatoms. The van der Waals surface area contributed by atoms with Crippen LogP contribution in [0, 0.1) is 5.82 Å². The molecule has 37 heavy (non-hydrogen) atoms. The predicted octanol–water partition coefficient (Wildman–Crippen LogP) is 4.98. The van der Waals surface area contributed by atoms with E-state index in [0.29, 0.717) is 25.2 Å². The number of hydrogen-bond acceptors (Lipinski definition) is 5. The highest BCUT2D eigenvalue weighted by atomic mass is 35.5. The first-order valence-corrected chi connectivity index (χ1v) is 12.6. The lowest BCUT2D eigenvalue weighted by Crippen LogP contribution is -2.55. The van der Waals surface area contributed by atoms with Crippen LogP contribution < -0.4 is 20.3 Å². The molecule has 2 amide bonds. The Labute approximate surface area is 219 Å². The van der Waals surface area contributed by atoms with Crippen molar-refractivity contribution in [3.05, 3.63) is 52.9 Å². The second-order valence-corrected chi connectivity index (χ2v) is 9.96. The molecule has 1 saturated heterocycles. The van der Waals surface area contributed by atoms with Crippen LogP contribution in [0.2, 0.25) is 5.02 Å². The molecule has 1 aromatic heterocycles. The van der Waals surface area contributed by atoms with Gasteiger partial charge in [0.1, 0.15) is 5.82 Å². The summed E-state index contributed by atoms with van der Waals surface area (Å²) in [7, 11) is 0. The maximum Gasteiger partial charge on any atom is 0.263 e. The summed E-state index contributed by atoms with van der Waals surface area (Å²) in [5, 5.41) is 5.44. The van der Waals surface area contributed by atoms with Gasteiger partial charge in [-0.3, -0.25) is 9.59 Å². The Morgan fingerprint density at radius 3 is 2.65 bits per heavy atom. The minimum Gasteiger partial charge on any atom is -0.475 e. The van der Waals surface area contributed by atoms with Gasteiger partial charge in [-0.15, -0.1) is 0 Å². The second-order valence-electron chi connectivity index (χ2n) is 9.52. The molecule has 1 aliphatic heterocycles. The lowest BCUT2D eigenvalue weighted by Gasteiger charge is -2.41. The molecule has 2 aromatic rings. The minimum atomic E-state index is -2.62. The molecule has 2 N–H and O–H groups in total. The number of amides is 2. The number of halogens is 4. The van der Waals surface area contributed by atoms with Crippen molar-refractivity contribution in [2.45, 2.75) is 70.6 Å². The molecule has 1 fully saturated rings. The Balaban J connectivity index is 1.62. The number of alkyl halides is 2. The molecule has 0 spiro atoms. The predicted molar refractivity (Wildman–Crippen MR) is 136 cm³/mol. The number of anilines is 1. The summed E-state index contributed by atoms with van der Waals surface area (Å²) in [6.07, 6.45) is 1.85. The fourth-order valence-electron chi connectivity index (χ4n) is 4.29. The van der Waals surface area contributed by atoms with E-state index in [1.54, 1.807) is 26.0 Å². The number of benzene rings is 1. The van der Waals surface area contributed by atoms with Crippen molar-refractivity contribution < 1.29 is 27.5 Å². The molecule has 1 aliphatic rings. The van der Waals surface area contributed by atoms with Crippen LogP contribution in [-0.2, 0) is 4.79 Å². The standard InChI is InChI=1S/C26H32ClF3N4O3/c1-4-5-19-13-18(33-25(36)26(2,3)37-21-8-7-17(27)12-20(21)28)10-11-34(19)23-9-6-16(14-31-23)24(35)32-15-22(29)30/h6-9,12,14,18-19,22H,4-5,10-11,13,15H2,1-3H3,(H,32,35)(H,33,36). The molecule has 3 rings (SSSR count). The fraction of sp³-hybridized carbons (Fsp3) is 0.500. The number of piperidine rings is 1. The molecule has 2 atom stereocenters. The van der Waals surface area contributed by atoms with Gasteiger partial charge in [0.2, 0.25) is 0 Å². The zero-order chi connectivity index (χ0) is 27.2. The molecule has 202 valence electrons. The Morgan fingerprint density at radius 1 is 1.27 bits per heavy atom. The average Bonchev–Trinajstić information content (AvgIpc) is 2.85. The van der Waals surface area contributed by atoms with Crippen LogP contribution in [0.25, 0.3) is 0 Å². The van der Waals surface area contributed by atoms with Crippen molar-refractivity contribution in [1.29, 1.82) is 0 Å². The third-order valence-corrected chi connectivity index (χ3v) is 6.44. The maximum atomic E-state index is 14.2. The van der Waals surface area contributed by atoms with Crippen molar-refractivity contribution in [2.75, 3.05) is 18.0 Å². The number of rotatable bonds is 10. The number of carbonyl (C=O) groups excluding carboxylic acids is 2. The van der Waals surface area contributed by atoms with E-state index in [1.165, 1.54) is 18.3 Å². The quantitative estimate of drug-likeness (QED) is 0.444. The summed E-state index contributed by atoms with van der Waals surface area (Å²) < 4.78 is 44.5. The highest BCUT2D eigenvalue weighted by Gasteiger charge is 2.35. The van der Waals surface area contributed by atoms with Gasteiger partial charge in [0, 0.05) is 29.8 Å². The van der Waals surface area contributed by atoms with Gasteiger partial charge in [0.05, 0.1) is 12.1 Å². The number of nitrogens with zero attached hydrogens (tertiary/aromatic N) is 2. The van der Waals surface area contributed by atoms with Crippen LogP contribution in [-0.4, -0.2) is 54.0 Å². The highest BCUT2D eigenvalue weighted by Crippen LogP contribution is 2.28. The van der Waals surface area contributed by atoms with Crippen LogP contribution in [0.15, 0.2) is 36.5 Å². The molecular formula is C26H32ClF3N4O3. The molecule has 1 aromatic carbocycles. The van der Waals surface area contributed by atoms with E-state index in [2.05, 4.69) is 27.4 Å². The van der Waals surface area contributed by atoms with E-state index < -0.39 is 30.3 Å². The van der Waals surface area contributed by atoms with E-state index in [4.69, 9.17) is 16.3 Å². The summed E-state index contributed by atoms with van der Waals surface area (Å²) in [5.74, 6) is -0.979. The van der Waals surface area contributed by atoms with E-state index in [1.807, 2.05) is 0 Å². The maximum absolute atomic E-state index is 14.2. The van der Waals surface area contributed by atoms with Crippen molar-refractivity contribution >= 4 is 29.2 Å². The first kappa shape index (κ1) is 28.6. The van der Waals surface area contributed by atoms with Gasteiger partial charge in [-0.25, -0.2) is 18.2 Å².